The van der Waals surface area contributed by atoms with Gasteiger partial charge in [-0.1, -0.05) is 13.3 Å². The molecule has 0 bridgehead atoms. The second-order valence-corrected chi connectivity index (χ2v) is 5.07. The molecule has 1 N–H and O–H groups in total. The van der Waals surface area contributed by atoms with E-state index in [-0.39, 0.29) is 5.82 Å². The SMILES string of the molecule is CCC1CCC(Nc2ccc(F)cc2C#N)CC1. The number of nitriles is 1. The summed E-state index contributed by atoms with van der Waals surface area (Å²) in [5, 5.41) is 12.4. The monoisotopic (exact) mass is 246 g/mol. The van der Waals surface area contributed by atoms with Crippen LogP contribution in [-0.2, 0) is 0 Å². The van der Waals surface area contributed by atoms with Crippen LogP contribution < -0.4 is 5.32 Å². The Balaban J connectivity index is 2.00. The molecule has 18 heavy (non-hydrogen) atoms. The van der Waals surface area contributed by atoms with E-state index in [9.17, 15) is 4.39 Å². The zero-order valence-electron chi connectivity index (χ0n) is 10.7. The molecule has 1 saturated carbocycles. The first-order chi connectivity index (χ1) is 8.72. The molecule has 0 unspecified atom stereocenters. The van der Waals surface area contributed by atoms with Gasteiger partial charge in [0, 0.05) is 6.04 Å². The lowest BCUT2D eigenvalue weighted by Crippen LogP contribution is -2.26. The summed E-state index contributed by atoms with van der Waals surface area (Å²) in [6.45, 7) is 2.24. The molecule has 2 nitrogen and oxygen atoms in total. The van der Waals surface area contributed by atoms with Gasteiger partial charge in [0.15, 0.2) is 0 Å². The van der Waals surface area contributed by atoms with Gasteiger partial charge in [-0.25, -0.2) is 4.39 Å². The molecule has 1 aliphatic rings. The highest BCUT2D eigenvalue weighted by Crippen LogP contribution is 2.29. The summed E-state index contributed by atoms with van der Waals surface area (Å²) < 4.78 is 13.0. The highest BCUT2D eigenvalue weighted by atomic mass is 19.1. The maximum Gasteiger partial charge on any atom is 0.124 e. The van der Waals surface area contributed by atoms with Gasteiger partial charge in [0.05, 0.1) is 11.3 Å². The molecule has 3 heteroatoms. The lowest BCUT2D eigenvalue weighted by Gasteiger charge is -2.29. The molecule has 96 valence electrons. The first kappa shape index (κ1) is 12.9. The van der Waals surface area contributed by atoms with E-state index in [1.165, 1.54) is 31.4 Å². The van der Waals surface area contributed by atoms with Gasteiger partial charge in [0.25, 0.3) is 0 Å². The molecular formula is C15H19FN2. The van der Waals surface area contributed by atoms with Gasteiger partial charge >= 0.3 is 0 Å². The molecule has 2 rings (SSSR count). The van der Waals surface area contributed by atoms with Crippen molar-refractivity contribution in [1.29, 1.82) is 5.26 Å². The van der Waals surface area contributed by atoms with Crippen LogP contribution in [0.5, 0.6) is 0 Å². The highest BCUT2D eigenvalue weighted by molar-refractivity contribution is 5.57. The van der Waals surface area contributed by atoms with Crippen LogP contribution in [-0.4, -0.2) is 6.04 Å². The summed E-state index contributed by atoms with van der Waals surface area (Å²) in [6, 6.07) is 6.83. The highest BCUT2D eigenvalue weighted by Gasteiger charge is 2.20. The van der Waals surface area contributed by atoms with Crippen LogP contribution in [0.3, 0.4) is 0 Å². The van der Waals surface area contributed by atoms with Crippen molar-refractivity contribution in [2.75, 3.05) is 5.32 Å². The molecule has 1 aromatic carbocycles. The third kappa shape index (κ3) is 3.01. The Bertz CT molecular complexity index is 442. The first-order valence-electron chi connectivity index (χ1n) is 6.69. The van der Waals surface area contributed by atoms with Gasteiger partial charge in [-0.3, -0.25) is 0 Å². The molecule has 1 fully saturated rings. The number of halogens is 1. The summed E-state index contributed by atoms with van der Waals surface area (Å²) in [7, 11) is 0. The van der Waals surface area contributed by atoms with Crippen molar-refractivity contribution >= 4 is 5.69 Å². The Hall–Kier alpha value is -1.56. The van der Waals surface area contributed by atoms with Crippen LogP contribution in [0.2, 0.25) is 0 Å². The number of rotatable bonds is 3. The molecule has 0 spiro atoms. The van der Waals surface area contributed by atoms with E-state index in [2.05, 4.69) is 12.2 Å². The smallest absolute Gasteiger partial charge is 0.124 e. The number of nitrogens with one attached hydrogen (secondary N) is 1. The molecule has 0 saturated heterocycles. The molecular weight excluding hydrogens is 227 g/mol. The quantitative estimate of drug-likeness (QED) is 0.872. The van der Waals surface area contributed by atoms with Crippen molar-refractivity contribution in [3.63, 3.8) is 0 Å². The Labute approximate surface area is 108 Å². The second kappa shape index (κ2) is 5.86. The van der Waals surface area contributed by atoms with Crippen LogP contribution >= 0.6 is 0 Å². The summed E-state index contributed by atoms with van der Waals surface area (Å²) in [5.74, 6) is 0.499. The van der Waals surface area contributed by atoms with Gasteiger partial charge < -0.3 is 5.32 Å². The molecule has 0 aromatic heterocycles. The number of benzene rings is 1. The predicted molar refractivity (Wildman–Crippen MR) is 70.8 cm³/mol. The average Bonchev–Trinajstić information content (AvgIpc) is 2.41. The largest absolute Gasteiger partial charge is 0.381 e. The van der Waals surface area contributed by atoms with Gasteiger partial charge in [-0.2, -0.15) is 5.26 Å². The second-order valence-electron chi connectivity index (χ2n) is 5.07. The number of hydrogen-bond acceptors (Lipinski definition) is 2. The van der Waals surface area contributed by atoms with E-state index < -0.39 is 0 Å². The third-order valence-electron chi connectivity index (χ3n) is 3.89. The fourth-order valence-electron chi connectivity index (χ4n) is 2.67. The summed E-state index contributed by atoms with van der Waals surface area (Å²) in [4.78, 5) is 0. The van der Waals surface area contributed by atoms with Crippen LogP contribution in [0.1, 0.15) is 44.6 Å². The van der Waals surface area contributed by atoms with Crippen molar-refractivity contribution in [1.82, 2.24) is 0 Å². The van der Waals surface area contributed by atoms with Gasteiger partial charge in [0.2, 0.25) is 0 Å². The Morgan fingerprint density at radius 3 is 2.67 bits per heavy atom. The van der Waals surface area contributed by atoms with Gasteiger partial charge in [-0.05, 0) is 49.8 Å². The average molecular weight is 246 g/mol. The molecule has 0 heterocycles. The summed E-state index contributed by atoms with van der Waals surface area (Å²) in [5.41, 5.74) is 1.16. The van der Waals surface area contributed by atoms with E-state index in [0.29, 0.717) is 11.6 Å². The Morgan fingerprint density at radius 2 is 2.06 bits per heavy atom. The van der Waals surface area contributed by atoms with Crippen LogP contribution in [0.4, 0.5) is 10.1 Å². The zero-order chi connectivity index (χ0) is 13.0. The van der Waals surface area contributed by atoms with Gasteiger partial charge in [0.1, 0.15) is 11.9 Å². The predicted octanol–water partition coefficient (Wildman–Crippen LogP) is 4.08. The standard InChI is InChI=1S/C15H19FN2/c1-2-11-3-6-14(7-4-11)18-15-8-5-13(16)9-12(15)10-17/h5,8-9,11,14,18H,2-4,6-7H2,1H3. The minimum atomic E-state index is -0.355. The maximum atomic E-state index is 13.0. The van der Waals surface area contributed by atoms with E-state index in [0.717, 1.165) is 24.4 Å². The number of anilines is 1. The van der Waals surface area contributed by atoms with Gasteiger partial charge in [-0.15, -0.1) is 0 Å². The lowest BCUT2D eigenvalue weighted by atomic mass is 9.84. The van der Waals surface area contributed by atoms with Crippen molar-refractivity contribution in [2.24, 2.45) is 5.92 Å². The fourth-order valence-corrected chi connectivity index (χ4v) is 2.67. The molecule has 0 amide bonds. The number of nitrogens with zero attached hydrogens (tertiary/aromatic N) is 1. The summed E-state index contributed by atoms with van der Waals surface area (Å²) >= 11 is 0. The molecule has 0 atom stereocenters. The lowest BCUT2D eigenvalue weighted by molar-refractivity contribution is 0.330. The van der Waals surface area contributed by atoms with Crippen molar-refractivity contribution in [3.8, 4) is 6.07 Å². The zero-order valence-corrected chi connectivity index (χ0v) is 10.7. The minimum Gasteiger partial charge on any atom is -0.381 e. The topological polar surface area (TPSA) is 35.8 Å². The first-order valence-corrected chi connectivity index (χ1v) is 6.69. The fraction of sp³-hybridized carbons (Fsp3) is 0.533. The Kier molecular flexibility index (Phi) is 4.19. The van der Waals surface area contributed by atoms with E-state index in [4.69, 9.17) is 5.26 Å². The van der Waals surface area contributed by atoms with Crippen molar-refractivity contribution < 1.29 is 4.39 Å². The Morgan fingerprint density at radius 1 is 1.33 bits per heavy atom. The van der Waals surface area contributed by atoms with Crippen LogP contribution in [0, 0.1) is 23.1 Å². The molecule has 0 aliphatic heterocycles. The van der Waals surface area contributed by atoms with Crippen molar-refractivity contribution in [3.05, 3.63) is 29.6 Å². The molecule has 1 aromatic rings. The normalized spacial score (nSPS) is 23.4. The molecule has 1 aliphatic carbocycles. The maximum absolute atomic E-state index is 13.0. The van der Waals surface area contributed by atoms with Crippen molar-refractivity contribution in [2.45, 2.75) is 45.1 Å². The van der Waals surface area contributed by atoms with Crippen LogP contribution in [0.15, 0.2) is 18.2 Å². The van der Waals surface area contributed by atoms with E-state index in [1.54, 1.807) is 6.07 Å². The molecule has 0 radical (unpaired) electrons. The minimum absolute atomic E-state index is 0.355. The van der Waals surface area contributed by atoms with E-state index in [1.807, 2.05) is 6.07 Å². The summed E-state index contributed by atoms with van der Waals surface area (Å²) in [6.07, 6.45) is 6.03. The third-order valence-corrected chi connectivity index (χ3v) is 3.89. The van der Waals surface area contributed by atoms with Crippen LogP contribution in [0.25, 0.3) is 0 Å². The number of hydrogen-bond donors (Lipinski definition) is 1. The van der Waals surface area contributed by atoms with E-state index >= 15 is 0 Å².